The van der Waals surface area contributed by atoms with E-state index in [0.29, 0.717) is 19.8 Å². The van der Waals surface area contributed by atoms with Crippen molar-refractivity contribution in [2.75, 3.05) is 88.0 Å². The van der Waals surface area contributed by atoms with Gasteiger partial charge in [0.05, 0.1) is 46.8 Å². The number of rotatable bonds is 10. The third-order valence-corrected chi connectivity index (χ3v) is 3.63. The second kappa shape index (κ2) is 24.5. The third kappa shape index (κ3) is 30.2. The maximum atomic E-state index is 10.8. The van der Waals surface area contributed by atoms with E-state index in [1.165, 1.54) is 21.1 Å². The van der Waals surface area contributed by atoms with E-state index in [-0.39, 0.29) is 6.61 Å². The molecule has 0 radical (unpaired) electrons. The standard InChI is InChI=1S/C6H12O4.C5H12O2.C3H9O2P.C3H8O2/c1-6(3-7,4-8)5(9)10-2;1-3-7-5-4-6-2;1-5-6(2,3)4;1-5-3-2-4/h7-8H,3-4H2,1-2H3;3-5H2,1-2H3;1-3H3;4H,2-3H2,1H3. The number of aliphatic hydroxyl groups is 3. The molecule has 10 nitrogen and oxygen atoms in total. The van der Waals surface area contributed by atoms with Gasteiger partial charge in [0.2, 0.25) is 0 Å². The van der Waals surface area contributed by atoms with Crippen LogP contribution in [0.15, 0.2) is 0 Å². The molecule has 0 aliphatic carbocycles. The van der Waals surface area contributed by atoms with E-state index in [1.54, 1.807) is 27.5 Å². The van der Waals surface area contributed by atoms with Crippen molar-refractivity contribution in [3.63, 3.8) is 0 Å². The van der Waals surface area contributed by atoms with Gasteiger partial charge in [-0.3, -0.25) is 9.36 Å². The number of carbonyl (C=O) groups excluding carboxylic acids is 1. The van der Waals surface area contributed by atoms with E-state index < -0.39 is 32.0 Å². The van der Waals surface area contributed by atoms with Crippen molar-refractivity contribution < 1.29 is 48.2 Å². The SMILES string of the molecule is CCOCCOC.COC(=O)C(C)(CO)CO.COCCO.COP(C)(C)=O. The van der Waals surface area contributed by atoms with Crippen molar-refractivity contribution in [2.45, 2.75) is 13.8 Å². The van der Waals surface area contributed by atoms with Crippen LogP contribution in [-0.2, 0) is 32.8 Å². The zero-order valence-corrected chi connectivity index (χ0v) is 19.5. The molecule has 0 spiro atoms. The van der Waals surface area contributed by atoms with Crippen LogP contribution in [0.25, 0.3) is 0 Å². The fourth-order valence-corrected chi connectivity index (χ4v) is 0.803. The zero-order chi connectivity index (χ0) is 23.1. The lowest BCUT2D eigenvalue weighted by Crippen LogP contribution is -2.36. The fraction of sp³-hybridized carbons (Fsp3) is 0.941. The van der Waals surface area contributed by atoms with Crippen molar-refractivity contribution in [3.05, 3.63) is 0 Å². The molecule has 0 aliphatic heterocycles. The highest BCUT2D eigenvalue weighted by atomic mass is 31.2. The molecule has 0 aromatic rings. The monoisotopic (exact) mass is 436 g/mol. The van der Waals surface area contributed by atoms with E-state index >= 15 is 0 Å². The molecule has 0 fully saturated rings. The molecule has 0 aliphatic rings. The summed E-state index contributed by atoms with van der Waals surface area (Å²) in [5.41, 5.74) is -1.16. The highest BCUT2D eigenvalue weighted by Gasteiger charge is 2.32. The molecule has 0 unspecified atom stereocenters. The van der Waals surface area contributed by atoms with Crippen LogP contribution in [0.5, 0.6) is 0 Å². The number of hydrogen-bond acceptors (Lipinski definition) is 10. The van der Waals surface area contributed by atoms with Crippen molar-refractivity contribution in [2.24, 2.45) is 5.41 Å². The first kappa shape index (κ1) is 34.9. The molecule has 11 heteroatoms. The molecular formula is C17H41O10P. The predicted molar refractivity (Wildman–Crippen MR) is 108 cm³/mol. The molecule has 28 heavy (non-hydrogen) atoms. The lowest BCUT2D eigenvalue weighted by Gasteiger charge is -2.20. The summed E-state index contributed by atoms with van der Waals surface area (Å²) in [5, 5.41) is 25.2. The molecule has 0 heterocycles. The Morgan fingerprint density at radius 2 is 1.36 bits per heavy atom. The summed E-state index contributed by atoms with van der Waals surface area (Å²) >= 11 is 0. The minimum absolute atomic E-state index is 0.122. The van der Waals surface area contributed by atoms with Crippen LogP contribution >= 0.6 is 7.37 Å². The van der Waals surface area contributed by atoms with Crippen molar-refractivity contribution in [1.82, 2.24) is 0 Å². The van der Waals surface area contributed by atoms with E-state index in [4.69, 9.17) is 24.8 Å². The molecule has 0 aromatic carbocycles. The lowest BCUT2D eigenvalue weighted by atomic mass is 9.93. The largest absolute Gasteiger partial charge is 0.468 e. The Bertz CT molecular complexity index is 350. The number of methoxy groups -OCH3 is 3. The number of esters is 1. The van der Waals surface area contributed by atoms with Crippen LogP contribution in [0.2, 0.25) is 0 Å². The fourth-order valence-electron chi connectivity index (χ4n) is 0.803. The van der Waals surface area contributed by atoms with Gasteiger partial charge >= 0.3 is 5.97 Å². The van der Waals surface area contributed by atoms with Crippen LogP contribution in [0.4, 0.5) is 0 Å². The maximum absolute atomic E-state index is 10.8. The van der Waals surface area contributed by atoms with Crippen molar-refractivity contribution in [3.8, 4) is 0 Å². The highest BCUT2D eigenvalue weighted by molar-refractivity contribution is 7.57. The minimum atomic E-state index is -2.15. The van der Waals surface area contributed by atoms with Gasteiger partial charge in [-0.1, -0.05) is 0 Å². The Hall–Kier alpha value is -0.580. The smallest absolute Gasteiger partial charge is 0.316 e. The molecular weight excluding hydrogens is 395 g/mol. The summed E-state index contributed by atoms with van der Waals surface area (Å²) in [5.74, 6) is -0.600. The second-order valence-electron chi connectivity index (χ2n) is 5.71. The average Bonchev–Trinajstić information content (AvgIpc) is 2.68. The Balaban J connectivity index is -0.000000142. The van der Waals surface area contributed by atoms with Crippen LogP contribution in [0.1, 0.15) is 13.8 Å². The van der Waals surface area contributed by atoms with Gasteiger partial charge in [-0.15, -0.1) is 0 Å². The maximum Gasteiger partial charge on any atom is 0.316 e. The Morgan fingerprint density at radius 3 is 1.50 bits per heavy atom. The Kier molecular flexibility index (Phi) is 30.5. The zero-order valence-electron chi connectivity index (χ0n) is 18.6. The number of hydrogen-bond donors (Lipinski definition) is 3. The highest BCUT2D eigenvalue weighted by Crippen LogP contribution is 2.35. The molecule has 0 bridgehead atoms. The quantitative estimate of drug-likeness (QED) is 0.253. The van der Waals surface area contributed by atoms with E-state index in [1.807, 2.05) is 6.92 Å². The second-order valence-corrected chi connectivity index (χ2v) is 8.58. The molecule has 0 saturated heterocycles. The summed E-state index contributed by atoms with van der Waals surface area (Å²) in [7, 11) is 3.73. The van der Waals surface area contributed by atoms with Gasteiger partial charge in [0.15, 0.2) is 7.37 Å². The van der Waals surface area contributed by atoms with Crippen LogP contribution < -0.4 is 0 Å². The van der Waals surface area contributed by atoms with E-state index in [9.17, 15) is 9.36 Å². The van der Waals surface area contributed by atoms with Gasteiger partial charge in [0.1, 0.15) is 5.41 Å². The third-order valence-electron chi connectivity index (χ3n) is 2.75. The van der Waals surface area contributed by atoms with Crippen LogP contribution in [-0.4, -0.2) is 109 Å². The van der Waals surface area contributed by atoms with Gasteiger partial charge in [-0.05, 0) is 13.8 Å². The number of aliphatic hydroxyl groups excluding tert-OH is 3. The van der Waals surface area contributed by atoms with Crippen molar-refractivity contribution in [1.29, 1.82) is 0 Å². The molecule has 0 aromatic heterocycles. The van der Waals surface area contributed by atoms with Gasteiger partial charge in [-0.2, -0.15) is 0 Å². The van der Waals surface area contributed by atoms with E-state index in [2.05, 4.69) is 14.0 Å². The first-order valence-corrected chi connectivity index (χ1v) is 11.1. The summed E-state index contributed by atoms with van der Waals surface area (Å²) < 4.78 is 33.3. The van der Waals surface area contributed by atoms with Gasteiger partial charge in [-0.25, -0.2) is 0 Å². The van der Waals surface area contributed by atoms with Gasteiger partial charge < -0.3 is 38.8 Å². The summed E-state index contributed by atoms with van der Waals surface area (Å²) in [6.45, 7) is 8.50. The van der Waals surface area contributed by atoms with Crippen molar-refractivity contribution >= 4 is 13.3 Å². The first-order valence-electron chi connectivity index (χ1n) is 8.57. The Labute approximate surface area is 169 Å². The molecule has 0 rings (SSSR count). The molecule has 174 valence electrons. The predicted octanol–water partition coefficient (Wildman–Crippen LogP) is 0.615. The molecule has 0 saturated carbocycles. The van der Waals surface area contributed by atoms with Gasteiger partial charge in [0.25, 0.3) is 0 Å². The van der Waals surface area contributed by atoms with E-state index in [0.717, 1.165) is 6.61 Å². The average molecular weight is 436 g/mol. The number of carbonyl (C=O) groups is 1. The molecule has 0 amide bonds. The Morgan fingerprint density at radius 1 is 0.929 bits per heavy atom. The topological polar surface area (TPSA) is 141 Å². The summed E-state index contributed by atoms with van der Waals surface area (Å²) in [4.78, 5) is 10.8. The molecule has 0 atom stereocenters. The van der Waals surface area contributed by atoms with Crippen LogP contribution in [0.3, 0.4) is 0 Å². The first-order chi connectivity index (χ1) is 13.0. The van der Waals surface area contributed by atoms with Gasteiger partial charge in [0, 0.05) is 41.3 Å². The number of ether oxygens (including phenoxy) is 4. The lowest BCUT2D eigenvalue weighted by molar-refractivity contribution is -0.156. The normalized spacial score (nSPS) is 10.4. The summed E-state index contributed by atoms with van der Waals surface area (Å²) in [6.07, 6.45) is 0. The minimum Gasteiger partial charge on any atom is -0.468 e. The molecule has 3 N–H and O–H groups in total. The summed E-state index contributed by atoms with van der Waals surface area (Å²) in [6, 6.07) is 0. The van der Waals surface area contributed by atoms with Crippen LogP contribution in [0, 0.1) is 5.41 Å².